The molecule has 0 aliphatic carbocycles. The van der Waals surface area contributed by atoms with E-state index < -0.39 is 6.10 Å². The van der Waals surface area contributed by atoms with Crippen LogP contribution in [-0.4, -0.2) is 45.8 Å². The number of hydrogen-bond acceptors (Lipinski definition) is 4. The zero-order valence-corrected chi connectivity index (χ0v) is 19.9. The normalized spacial score (nSPS) is 27.5. The average Bonchev–Trinajstić information content (AvgIpc) is 2.82. The molecule has 3 aliphatic rings. The largest absolute Gasteiger partial charge is 0.497 e. The van der Waals surface area contributed by atoms with Crippen LogP contribution in [0.4, 0.5) is 0 Å². The van der Waals surface area contributed by atoms with Gasteiger partial charge in [-0.15, -0.1) is 6.58 Å². The molecule has 2 bridgehead atoms. The first kappa shape index (κ1) is 22.1. The number of piperidine rings is 3. The third kappa shape index (κ3) is 3.94. The quantitative estimate of drug-likeness (QED) is 0.434. The van der Waals surface area contributed by atoms with Gasteiger partial charge in [0.1, 0.15) is 24.4 Å². The number of pyridine rings is 2. The molecule has 3 fully saturated rings. The highest BCUT2D eigenvalue weighted by atomic mass is 16.5. The van der Waals surface area contributed by atoms with E-state index in [1.807, 2.05) is 30.5 Å². The summed E-state index contributed by atoms with van der Waals surface area (Å²) in [6, 6.07) is 12.4. The summed E-state index contributed by atoms with van der Waals surface area (Å²) < 4.78 is 6.37. The van der Waals surface area contributed by atoms with Crippen molar-refractivity contribution in [3.8, 4) is 5.75 Å². The van der Waals surface area contributed by atoms with E-state index in [0.29, 0.717) is 11.8 Å². The minimum Gasteiger partial charge on any atom is -0.497 e. The van der Waals surface area contributed by atoms with Crippen LogP contribution in [0.25, 0.3) is 10.9 Å². The fraction of sp³-hybridized carbons (Fsp3) is 0.429. The molecular weight excluding hydrogens is 410 g/mol. The zero-order valence-electron chi connectivity index (χ0n) is 19.9. The maximum absolute atomic E-state index is 11.9. The molecule has 3 saturated heterocycles. The molecule has 1 N–H and O–H groups in total. The van der Waals surface area contributed by atoms with E-state index in [9.17, 15) is 5.11 Å². The second kappa shape index (κ2) is 8.54. The predicted molar refractivity (Wildman–Crippen MR) is 131 cm³/mol. The zero-order chi connectivity index (χ0) is 23.2. The molecule has 0 spiro atoms. The van der Waals surface area contributed by atoms with Crippen LogP contribution in [0.5, 0.6) is 5.75 Å². The van der Waals surface area contributed by atoms with Crippen molar-refractivity contribution in [3.63, 3.8) is 0 Å². The van der Waals surface area contributed by atoms with Gasteiger partial charge in [0.15, 0.2) is 0 Å². The molecule has 5 atom stereocenters. The van der Waals surface area contributed by atoms with Crippen LogP contribution in [0, 0.1) is 25.7 Å². The van der Waals surface area contributed by atoms with E-state index >= 15 is 0 Å². The van der Waals surface area contributed by atoms with E-state index in [0.717, 1.165) is 64.1 Å². The fourth-order valence-electron chi connectivity index (χ4n) is 6.50. The van der Waals surface area contributed by atoms with Crippen molar-refractivity contribution in [2.24, 2.45) is 11.8 Å². The van der Waals surface area contributed by atoms with Crippen molar-refractivity contribution in [3.05, 3.63) is 77.8 Å². The summed E-state index contributed by atoms with van der Waals surface area (Å²) >= 11 is 0. The van der Waals surface area contributed by atoms with Gasteiger partial charge in [-0.25, -0.2) is 0 Å². The molecule has 3 aliphatic heterocycles. The van der Waals surface area contributed by atoms with Gasteiger partial charge < -0.3 is 14.3 Å². The second-order valence-electron chi connectivity index (χ2n) is 10.0. The lowest BCUT2D eigenvalue weighted by Gasteiger charge is -2.58. The second-order valence-corrected chi connectivity index (χ2v) is 10.0. The molecule has 33 heavy (non-hydrogen) atoms. The fourth-order valence-corrected chi connectivity index (χ4v) is 6.50. The van der Waals surface area contributed by atoms with Crippen molar-refractivity contribution in [2.45, 2.75) is 45.4 Å². The molecule has 2 aromatic heterocycles. The lowest BCUT2D eigenvalue weighted by molar-refractivity contribution is -0.984. The molecular formula is C28H34N3O2+. The minimum atomic E-state index is -0.569. The number of ether oxygens (including phenoxy) is 1. The van der Waals surface area contributed by atoms with Crippen LogP contribution in [0.15, 0.2) is 55.3 Å². The van der Waals surface area contributed by atoms with Gasteiger partial charge in [0, 0.05) is 47.3 Å². The highest BCUT2D eigenvalue weighted by molar-refractivity contribution is 5.83. The number of aliphatic hydroxyl groups is 1. The number of aromatic nitrogens is 2. The van der Waals surface area contributed by atoms with Crippen LogP contribution in [-0.2, 0) is 6.54 Å². The lowest BCUT2D eigenvalue weighted by Crippen LogP contribution is -2.67. The van der Waals surface area contributed by atoms with Crippen molar-refractivity contribution in [1.82, 2.24) is 9.97 Å². The number of aliphatic hydroxyl groups excluding tert-OH is 1. The molecule has 5 nitrogen and oxygen atoms in total. The van der Waals surface area contributed by atoms with E-state index in [1.165, 1.54) is 12.0 Å². The maximum atomic E-state index is 11.9. The Kier molecular flexibility index (Phi) is 5.71. The predicted octanol–water partition coefficient (Wildman–Crippen LogP) is 4.90. The highest BCUT2D eigenvalue weighted by Gasteiger charge is 2.54. The Morgan fingerprint density at radius 3 is 2.73 bits per heavy atom. The first-order chi connectivity index (χ1) is 15.9. The van der Waals surface area contributed by atoms with E-state index in [1.54, 1.807) is 7.11 Å². The number of fused-ring (bicyclic) bond motifs is 4. The molecule has 5 heterocycles. The van der Waals surface area contributed by atoms with Gasteiger partial charge in [-0.2, -0.15) is 0 Å². The summed E-state index contributed by atoms with van der Waals surface area (Å²) in [6.45, 7) is 11.3. The Morgan fingerprint density at radius 2 is 2.00 bits per heavy atom. The minimum absolute atomic E-state index is 0.130. The number of methoxy groups -OCH3 is 1. The summed E-state index contributed by atoms with van der Waals surface area (Å²) in [5.74, 6) is 1.87. The molecule has 172 valence electrons. The van der Waals surface area contributed by atoms with Crippen LogP contribution < -0.4 is 4.74 Å². The van der Waals surface area contributed by atoms with Gasteiger partial charge in [0.25, 0.3) is 0 Å². The van der Waals surface area contributed by atoms with Gasteiger partial charge in [-0.05, 0) is 61.7 Å². The molecule has 0 saturated carbocycles. The number of hydrogen-bond donors (Lipinski definition) is 1. The van der Waals surface area contributed by atoms with Crippen molar-refractivity contribution in [1.29, 1.82) is 0 Å². The molecule has 1 unspecified atom stereocenters. The Hall–Kier alpha value is -2.76. The molecule has 1 aromatic carbocycles. The lowest BCUT2D eigenvalue weighted by atomic mass is 9.71. The molecule has 0 amide bonds. The Labute approximate surface area is 196 Å². The van der Waals surface area contributed by atoms with E-state index in [-0.39, 0.29) is 6.04 Å². The van der Waals surface area contributed by atoms with Crippen molar-refractivity contribution >= 4 is 10.9 Å². The van der Waals surface area contributed by atoms with Crippen LogP contribution in [0.3, 0.4) is 0 Å². The topological polar surface area (TPSA) is 55.2 Å². The molecule has 3 aromatic rings. The maximum Gasteiger partial charge on any atom is 0.131 e. The smallest absolute Gasteiger partial charge is 0.131 e. The average molecular weight is 445 g/mol. The first-order valence-electron chi connectivity index (χ1n) is 12.0. The van der Waals surface area contributed by atoms with Gasteiger partial charge in [-0.3, -0.25) is 9.97 Å². The van der Waals surface area contributed by atoms with Crippen LogP contribution in [0.2, 0.25) is 0 Å². The summed E-state index contributed by atoms with van der Waals surface area (Å²) in [6.07, 6.45) is 5.59. The van der Waals surface area contributed by atoms with Gasteiger partial charge >= 0.3 is 0 Å². The van der Waals surface area contributed by atoms with Gasteiger partial charge in [0.05, 0.1) is 25.7 Å². The highest BCUT2D eigenvalue weighted by Crippen LogP contribution is 2.48. The summed E-state index contributed by atoms with van der Waals surface area (Å²) in [7, 11) is 1.67. The SMILES string of the molecule is C=C[C@H]1C[N+]2(Cc3cc(C)nc(C)c3)CC[C@H]1C[C@H]2[C@H](O)c1ccnc2ccc(OC)cc12. The number of rotatable bonds is 6. The van der Waals surface area contributed by atoms with Gasteiger partial charge in [0.2, 0.25) is 0 Å². The number of quaternary nitrogens is 1. The van der Waals surface area contributed by atoms with Crippen LogP contribution >= 0.6 is 0 Å². The standard InChI is InChI=1S/C28H34N3O2/c1-5-21-17-31(16-20-12-18(2)30-19(3)13-20)11-9-22(21)14-27(31)28(32)24-8-10-29-26-7-6-23(33-4)15-25(24)26/h5-8,10,12-13,15,21-22,27-28,32H,1,9,11,14,16-17H2,2-4H3/q+1/t21-,22-,27-,28+,31?/m0/s1. The first-order valence-corrected chi connectivity index (χ1v) is 12.0. The van der Waals surface area contributed by atoms with Gasteiger partial charge in [-0.1, -0.05) is 6.08 Å². The molecule has 0 radical (unpaired) electrons. The molecule has 6 rings (SSSR count). The third-order valence-corrected chi connectivity index (χ3v) is 7.98. The Bertz CT molecular complexity index is 1170. The summed E-state index contributed by atoms with van der Waals surface area (Å²) in [5, 5.41) is 12.9. The number of benzene rings is 1. The number of aryl methyl sites for hydroxylation is 2. The number of nitrogens with zero attached hydrogens (tertiary/aromatic N) is 3. The third-order valence-electron chi connectivity index (χ3n) is 7.98. The molecule has 5 heteroatoms. The summed E-state index contributed by atoms with van der Waals surface area (Å²) in [5.41, 5.74) is 5.26. The Balaban J connectivity index is 1.57. The summed E-state index contributed by atoms with van der Waals surface area (Å²) in [4.78, 5) is 9.11. The van der Waals surface area contributed by atoms with Crippen molar-refractivity contribution in [2.75, 3.05) is 20.2 Å². The monoisotopic (exact) mass is 444 g/mol. The van der Waals surface area contributed by atoms with E-state index in [4.69, 9.17) is 4.74 Å². The van der Waals surface area contributed by atoms with Crippen LogP contribution in [0.1, 0.15) is 41.5 Å². The van der Waals surface area contributed by atoms with Crippen molar-refractivity contribution < 1.29 is 14.3 Å². The Morgan fingerprint density at radius 1 is 1.21 bits per heavy atom. The van der Waals surface area contributed by atoms with E-state index in [2.05, 4.69) is 48.6 Å².